The van der Waals surface area contributed by atoms with Gasteiger partial charge in [-0.05, 0) is 23.3 Å². The zero-order chi connectivity index (χ0) is 24.3. The van der Waals surface area contributed by atoms with Crippen molar-refractivity contribution in [3.05, 3.63) is 28.2 Å². The number of rotatable bonds is 8. The molecule has 2 aromatic heterocycles. The molecule has 2 aliphatic heterocycles. The van der Waals surface area contributed by atoms with Gasteiger partial charge in [-0.3, -0.25) is 9.59 Å². The number of nitrogens with one attached hydrogen (secondary N) is 2. The van der Waals surface area contributed by atoms with E-state index in [2.05, 4.69) is 29.6 Å². The molecule has 4 rings (SSSR count). The van der Waals surface area contributed by atoms with E-state index in [0.717, 1.165) is 18.4 Å². The molecule has 0 atom stereocenters. The van der Waals surface area contributed by atoms with Crippen molar-refractivity contribution >= 4 is 40.6 Å². The summed E-state index contributed by atoms with van der Waals surface area (Å²) in [6.07, 6.45) is 2.94. The minimum absolute atomic E-state index is 0.128. The molecule has 0 aromatic carbocycles. The smallest absolute Gasteiger partial charge is 0.350 e. The number of thiophene rings is 1. The highest BCUT2D eigenvalue weighted by atomic mass is 32.1. The van der Waals surface area contributed by atoms with Crippen LogP contribution in [-0.4, -0.2) is 72.9 Å². The van der Waals surface area contributed by atoms with Crippen LogP contribution in [0.3, 0.4) is 0 Å². The number of carbonyl (C=O) groups excluding carboxylic acids is 3. The summed E-state index contributed by atoms with van der Waals surface area (Å²) < 4.78 is 15.6. The lowest BCUT2D eigenvalue weighted by Gasteiger charge is -2.45. The van der Waals surface area contributed by atoms with Crippen LogP contribution in [-0.2, 0) is 19.1 Å². The number of nitrogens with zero attached hydrogens (tertiary/aromatic N) is 2. The lowest BCUT2D eigenvalue weighted by atomic mass is 9.81. The van der Waals surface area contributed by atoms with Gasteiger partial charge in [-0.25, -0.2) is 4.79 Å². The van der Waals surface area contributed by atoms with Crippen molar-refractivity contribution in [3.8, 4) is 0 Å². The van der Waals surface area contributed by atoms with Crippen molar-refractivity contribution in [1.29, 1.82) is 0 Å². The Morgan fingerprint density at radius 2 is 1.85 bits per heavy atom. The molecule has 34 heavy (non-hydrogen) atoms. The Balaban J connectivity index is 1.45. The van der Waals surface area contributed by atoms with Gasteiger partial charge in [0.2, 0.25) is 0 Å². The fourth-order valence-electron chi connectivity index (χ4n) is 4.17. The molecular formula is C23H31N4O6S+. The molecule has 11 heteroatoms. The molecule has 2 aromatic rings. The quantitative estimate of drug-likeness (QED) is 0.430. The van der Waals surface area contributed by atoms with Crippen LogP contribution >= 0.6 is 11.3 Å². The summed E-state index contributed by atoms with van der Waals surface area (Å²) in [6.45, 7) is 8.71. The molecule has 0 aliphatic carbocycles. The van der Waals surface area contributed by atoms with Crippen LogP contribution in [0, 0.1) is 12.3 Å². The van der Waals surface area contributed by atoms with E-state index in [9.17, 15) is 14.4 Å². The van der Waals surface area contributed by atoms with E-state index in [-0.39, 0.29) is 36.4 Å². The second-order valence-corrected chi connectivity index (χ2v) is 10.8. The number of hydrogen-bond donors (Lipinski definition) is 2. The molecule has 10 nitrogen and oxygen atoms in total. The zero-order valence-electron chi connectivity index (χ0n) is 19.7. The highest BCUT2D eigenvalue weighted by Gasteiger charge is 2.41. The number of aromatic nitrogens is 1. The number of anilines is 2. The summed E-state index contributed by atoms with van der Waals surface area (Å²) in [4.78, 5) is 38.9. The number of likely N-dealkylation sites (tertiary alicyclic amines) is 1. The van der Waals surface area contributed by atoms with Gasteiger partial charge in [-0.2, -0.15) is 0 Å². The van der Waals surface area contributed by atoms with Gasteiger partial charge in [0, 0.05) is 18.9 Å². The van der Waals surface area contributed by atoms with E-state index in [1.165, 1.54) is 17.6 Å². The SMILES string of the molecule is Cc1csc(C(=O)OC2COC2)c1NC(=O)C[N+]1(CC(=O)Nc2ccon2)CCC(C)(C)CC1. The highest BCUT2D eigenvalue weighted by molar-refractivity contribution is 7.12. The summed E-state index contributed by atoms with van der Waals surface area (Å²) in [6, 6.07) is 1.57. The second-order valence-electron chi connectivity index (χ2n) is 9.94. The van der Waals surface area contributed by atoms with Crippen LogP contribution in [0.2, 0.25) is 0 Å². The van der Waals surface area contributed by atoms with Crippen molar-refractivity contribution in [2.24, 2.45) is 5.41 Å². The van der Waals surface area contributed by atoms with E-state index in [1.54, 1.807) is 6.07 Å². The third kappa shape index (κ3) is 5.83. The second kappa shape index (κ2) is 9.85. The number of quaternary nitrogens is 1. The molecule has 0 bridgehead atoms. The standard InChI is InChI=1S/C23H30N4O6S/c1-15-14-34-21(22(30)33-16-12-31-13-16)20(15)25-19(29)11-27(7-5-23(2,3)6-8-27)10-18(28)24-17-4-9-32-26-17/h4,9,14,16H,5-8,10-13H2,1-3H3,(H-,24,25,26,28,29,30)/p+1. The summed E-state index contributed by atoms with van der Waals surface area (Å²) >= 11 is 1.25. The van der Waals surface area contributed by atoms with Gasteiger partial charge in [0.05, 0.1) is 32.0 Å². The monoisotopic (exact) mass is 491 g/mol. The van der Waals surface area contributed by atoms with Crippen LogP contribution in [0.15, 0.2) is 22.2 Å². The molecule has 2 aliphatic rings. The molecule has 184 valence electrons. The Labute approximate surface area is 202 Å². The Bertz CT molecular complexity index is 1030. The minimum Gasteiger partial charge on any atom is -0.453 e. The van der Waals surface area contributed by atoms with Gasteiger partial charge in [0.1, 0.15) is 17.2 Å². The van der Waals surface area contributed by atoms with Gasteiger partial charge in [0.25, 0.3) is 11.8 Å². The fraction of sp³-hybridized carbons (Fsp3) is 0.565. The number of piperidine rings is 1. The minimum atomic E-state index is -0.461. The number of ether oxygens (including phenoxy) is 2. The van der Waals surface area contributed by atoms with Gasteiger partial charge >= 0.3 is 5.97 Å². The highest BCUT2D eigenvalue weighted by Crippen LogP contribution is 2.34. The number of aryl methyl sites for hydroxylation is 1. The molecule has 2 fully saturated rings. The number of carbonyl (C=O) groups is 3. The van der Waals surface area contributed by atoms with E-state index >= 15 is 0 Å². The molecule has 0 radical (unpaired) electrons. The Kier molecular flexibility index (Phi) is 7.06. The molecule has 0 spiro atoms. The molecule has 0 unspecified atom stereocenters. The predicted molar refractivity (Wildman–Crippen MR) is 126 cm³/mol. The predicted octanol–water partition coefficient (Wildman–Crippen LogP) is 2.81. The molecule has 2 saturated heterocycles. The maximum atomic E-state index is 13.2. The van der Waals surface area contributed by atoms with Crippen LogP contribution in [0.5, 0.6) is 0 Å². The number of esters is 1. The first-order chi connectivity index (χ1) is 16.1. The van der Waals surface area contributed by atoms with Gasteiger partial charge < -0.3 is 29.1 Å². The van der Waals surface area contributed by atoms with E-state index < -0.39 is 5.97 Å². The lowest BCUT2D eigenvalue weighted by Crippen LogP contribution is -2.60. The Morgan fingerprint density at radius 1 is 1.18 bits per heavy atom. The average Bonchev–Trinajstić information content (AvgIpc) is 3.37. The molecular weight excluding hydrogens is 460 g/mol. The van der Waals surface area contributed by atoms with Crippen molar-refractivity contribution in [3.63, 3.8) is 0 Å². The van der Waals surface area contributed by atoms with Crippen molar-refractivity contribution in [2.45, 2.75) is 39.7 Å². The maximum Gasteiger partial charge on any atom is 0.350 e. The normalized spacial score (nSPS) is 19.1. The molecule has 2 amide bonds. The van der Waals surface area contributed by atoms with Crippen LogP contribution in [0.1, 0.15) is 41.9 Å². The summed E-state index contributed by atoms with van der Waals surface area (Å²) in [5, 5.41) is 11.2. The Hall–Kier alpha value is -2.76. The van der Waals surface area contributed by atoms with Gasteiger partial charge in [0.15, 0.2) is 18.9 Å². The van der Waals surface area contributed by atoms with Crippen LogP contribution < -0.4 is 10.6 Å². The summed E-state index contributed by atoms with van der Waals surface area (Å²) in [5.74, 6) is -0.576. The first-order valence-electron chi connectivity index (χ1n) is 11.4. The summed E-state index contributed by atoms with van der Waals surface area (Å²) in [5.41, 5.74) is 1.43. The Morgan fingerprint density at radius 3 is 2.44 bits per heavy atom. The number of hydrogen-bond acceptors (Lipinski definition) is 8. The third-order valence-electron chi connectivity index (χ3n) is 6.50. The maximum absolute atomic E-state index is 13.2. The van der Waals surface area contributed by atoms with Crippen molar-refractivity contribution < 1.29 is 32.9 Å². The third-order valence-corrected chi connectivity index (χ3v) is 7.57. The lowest BCUT2D eigenvalue weighted by molar-refractivity contribution is -0.919. The van der Waals surface area contributed by atoms with E-state index in [1.807, 2.05) is 12.3 Å². The van der Waals surface area contributed by atoms with E-state index in [4.69, 9.17) is 14.0 Å². The van der Waals surface area contributed by atoms with Crippen LogP contribution in [0.25, 0.3) is 0 Å². The van der Waals surface area contributed by atoms with Crippen molar-refractivity contribution in [2.75, 3.05) is 50.0 Å². The van der Waals surface area contributed by atoms with Gasteiger partial charge in [-0.15, -0.1) is 11.3 Å². The van der Waals surface area contributed by atoms with Crippen molar-refractivity contribution in [1.82, 2.24) is 5.16 Å². The largest absolute Gasteiger partial charge is 0.453 e. The molecule has 0 saturated carbocycles. The number of amides is 2. The average molecular weight is 492 g/mol. The molecule has 4 heterocycles. The fourth-order valence-corrected chi connectivity index (χ4v) is 5.06. The topological polar surface area (TPSA) is 120 Å². The van der Waals surface area contributed by atoms with Gasteiger partial charge in [-0.1, -0.05) is 19.0 Å². The van der Waals surface area contributed by atoms with Crippen LogP contribution in [0.4, 0.5) is 11.5 Å². The zero-order valence-corrected chi connectivity index (χ0v) is 20.5. The first kappa shape index (κ1) is 24.4. The molecule has 2 N–H and O–H groups in total. The first-order valence-corrected chi connectivity index (χ1v) is 12.2. The summed E-state index contributed by atoms with van der Waals surface area (Å²) in [7, 11) is 0. The van der Waals surface area contributed by atoms with E-state index in [0.29, 0.717) is 47.2 Å².